The summed E-state index contributed by atoms with van der Waals surface area (Å²) in [5.41, 5.74) is 0.312. The first-order chi connectivity index (χ1) is 12.8. The molecule has 0 bridgehead atoms. The highest BCUT2D eigenvalue weighted by Crippen LogP contribution is 2.37. The van der Waals surface area contributed by atoms with Gasteiger partial charge in [-0.15, -0.1) is 0 Å². The van der Waals surface area contributed by atoms with Crippen molar-refractivity contribution in [3.05, 3.63) is 59.7 Å². The van der Waals surface area contributed by atoms with Gasteiger partial charge in [-0.3, -0.25) is 9.52 Å². The Morgan fingerprint density at radius 1 is 1.11 bits per heavy atom. The van der Waals surface area contributed by atoms with Crippen LogP contribution in [0.25, 0.3) is 10.8 Å². The van der Waals surface area contributed by atoms with E-state index in [1.54, 1.807) is 18.2 Å². The molecule has 1 aliphatic heterocycles. The number of sulfonamides is 1. The van der Waals surface area contributed by atoms with Gasteiger partial charge in [-0.25, -0.2) is 13.2 Å². The van der Waals surface area contributed by atoms with Crippen molar-refractivity contribution >= 4 is 44.0 Å². The minimum Gasteiger partial charge on any atom is -0.872 e. The van der Waals surface area contributed by atoms with Crippen molar-refractivity contribution in [2.75, 3.05) is 10.0 Å². The Labute approximate surface area is 153 Å². The molecule has 0 fully saturated rings. The summed E-state index contributed by atoms with van der Waals surface area (Å²) in [6.07, 6.45) is 0. The van der Waals surface area contributed by atoms with Crippen LogP contribution in [-0.2, 0) is 10.0 Å². The van der Waals surface area contributed by atoms with Crippen molar-refractivity contribution < 1.29 is 28.2 Å². The summed E-state index contributed by atoms with van der Waals surface area (Å²) in [6.45, 7) is 0. The molecule has 3 aromatic carbocycles. The summed E-state index contributed by atoms with van der Waals surface area (Å²) in [7, 11) is -4.10. The van der Waals surface area contributed by atoms with Crippen molar-refractivity contribution in [1.82, 2.24) is 0 Å². The number of amides is 1. The van der Waals surface area contributed by atoms with E-state index in [9.17, 15) is 23.1 Å². The molecular weight excluding hydrogens is 372 g/mol. The summed E-state index contributed by atoms with van der Waals surface area (Å²) in [5.74, 6) is -2.48. The van der Waals surface area contributed by atoms with Gasteiger partial charge in [0.25, 0.3) is 15.9 Å². The number of carbonyl (C=O) groups excluding carboxylic acids is 1. The van der Waals surface area contributed by atoms with E-state index in [1.807, 2.05) is 0 Å². The maximum atomic E-state index is 12.9. The van der Waals surface area contributed by atoms with Gasteiger partial charge in [-0.05, 0) is 30.3 Å². The van der Waals surface area contributed by atoms with E-state index in [4.69, 9.17) is 5.11 Å². The Hall–Kier alpha value is -3.59. The van der Waals surface area contributed by atoms with Gasteiger partial charge in [0.2, 0.25) is 0 Å². The number of carboxylic acids is 1. The molecule has 0 atom stereocenters. The second kappa shape index (κ2) is 5.71. The number of carbonyl (C=O) groups is 2. The molecule has 1 amide bonds. The Bertz CT molecular complexity index is 1250. The molecule has 1 aliphatic rings. The third-order valence-electron chi connectivity index (χ3n) is 4.25. The zero-order valence-corrected chi connectivity index (χ0v) is 14.3. The zero-order chi connectivity index (χ0) is 19.3. The highest BCUT2D eigenvalue weighted by Gasteiger charge is 2.26. The van der Waals surface area contributed by atoms with Gasteiger partial charge < -0.3 is 15.5 Å². The third kappa shape index (κ3) is 2.64. The van der Waals surface area contributed by atoms with Crippen LogP contribution in [-0.4, -0.2) is 25.4 Å². The predicted octanol–water partition coefficient (Wildman–Crippen LogP) is 1.98. The largest absolute Gasteiger partial charge is 0.872 e. The van der Waals surface area contributed by atoms with Gasteiger partial charge >= 0.3 is 5.97 Å². The average Bonchev–Trinajstić information content (AvgIpc) is 2.94. The molecule has 0 aromatic heterocycles. The number of hydrogen-bond acceptors (Lipinski definition) is 5. The lowest BCUT2D eigenvalue weighted by atomic mass is 10.1. The first-order valence-electron chi connectivity index (χ1n) is 7.72. The summed E-state index contributed by atoms with van der Waals surface area (Å²) in [5, 5.41) is 24.1. The molecule has 9 heteroatoms. The number of nitrogens with one attached hydrogen (secondary N) is 2. The number of hydrogen-bond donors (Lipinski definition) is 3. The normalized spacial score (nSPS) is 12.8. The second-order valence-electron chi connectivity index (χ2n) is 5.92. The first kappa shape index (κ1) is 16.9. The molecule has 0 aliphatic carbocycles. The fraction of sp³-hybridized carbons (Fsp3) is 0. The van der Waals surface area contributed by atoms with E-state index in [2.05, 4.69) is 10.0 Å². The van der Waals surface area contributed by atoms with Gasteiger partial charge in [0.1, 0.15) is 0 Å². The average molecular weight is 383 g/mol. The number of anilines is 2. The zero-order valence-electron chi connectivity index (χ0n) is 13.5. The molecule has 136 valence electrons. The van der Waals surface area contributed by atoms with Crippen LogP contribution >= 0.6 is 0 Å². The Balaban J connectivity index is 1.83. The van der Waals surface area contributed by atoms with Crippen molar-refractivity contribution in [3.8, 4) is 5.75 Å². The van der Waals surface area contributed by atoms with Crippen LogP contribution in [0.1, 0.15) is 20.7 Å². The lowest BCUT2D eigenvalue weighted by Crippen LogP contribution is -2.14. The minimum atomic E-state index is -4.10. The lowest BCUT2D eigenvalue weighted by Gasteiger charge is -2.14. The van der Waals surface area contributed by atoms with E-state index in [0.29, 0.717) is 22.0 Å². The lowest BCUT2D eigenvalue weighted by molar-refractivity contribution is -0.268. The Morgan fingerprint density at radius 2 is 1.89 bits per heavy atom. The Kier molecular flexibility index (Phi) is 3.57. The fourth-order valence-electron chi connectivity index (χ4n) is 3.07. The maximum Gasteiger partial charge on any atom is 0.335 e. The quantitative estimate of drug-likeness (QED) is 0.630. The fourth-order valence-corrected chi connectivity index (χ4v) is 4.32. The van der Waals surface area contributed by atoms with Crippen LogP contribution in [0.4, 0.5) is 11.4 Å². The van der Waals surface area contributed by atoms with Crippen molar-refractivity contribution in [1.29, 1.82) is 0 Å². The second-order valence-corrected chi connectivity index (χ2v) is 7.57. The van der Waals surface area contributed by atoms with E-state index >= 15 is 0 Å². The van der Waals surface area contributed by atoms with Crippen molar-refractivity contribution in [2.24, 2.45) is 0 Å². The molecule has 8 nitrogen and oxygen atoms in total. The third-order valence-corrected chi connectivity index (χ3v) is 5.68. The van der Waals surface area contributed by atoms with Gasteiger partial charge in [-0.1, -0.05) is 23.9 Å². The van der Waals surface area contributed by atoms with Crippen LogP contribution in [0.5, 0.6) is 5.75 Å². The summed E-state index contributed by atoms with van der Waals surface area (Å²) in [4.78, 5) is 23.0. The van der Waals surface area contributed by atoms with Crippen molar-refractivity contribution in [2.45, 2.75) is 4.90 Å². The number of aromatic carboxylic acids is 1. The van der Waals surface area contributed by atoms with Crippen LogP contribution in [0.2, 0.25) is 0 Å². The van der Waals surface area contributed by atoms with Gasteiger partial charge in [-0.2, -0.15) is 0 Å². The number of benzene rings is 3. The minimum absolute atomic E-state index is 0.0514. The molecule has 3 aromatic rings. The first-order valence-corrected chi connectivity index (χ1v) is 9.20. The van der Waals surface area contributed by atoms with Crippen molar-refractivity contribution in [3.63, 3.8) is 0 Å². The van der Waals surface area contributed by atoms with Crippen LogP contribution in [0.15, 0.2) is 53.4 Å². The molecule has 0 saturated carbocycles. The summed E-state index contributed by atoms with van der Waals surface area (Å²) < 4.78 is 28.0. The topological polar surface area (TPSA) is 136 Å². The van der Waals surface area contributed by atoms with E-state index < -0.39 is 27.3 Å². The number of rotatable bonds is 4. The van der Waals surface area contributed by atoms with Crippen LogP contribution in [0, 0.1) is 0 Å². The van der Waals surface area contributed by atoms with Gasteiger partial charge in [0, 0.05) is 27.7 Å². The molecule has 0 saturated heterocycles. The summed E-state index contributed by atoms with van der Waals surface area (Å²) >= 11 is 0. The molecule has 1 heterocycles. The Morgan fingerprint density at radius 3 is 2.63 bits per heavy atom. The monoisotopic (exact) mass is 383 g/mol. The molecular formula is C18H11N2O6S-. The molecule has 4 rings (SSSR count). The molecule has 27 heavy (non-hydrogen) atoms. The highest BCUT2D eigenvalue weighted by molar-refractivity contribution is 7.93. The van der Waals surface area contributed by atoms with Gasteiger partial charge in [0.15, 0.2) is 0 Å². The summed E-state index contributed by atoms with van der Waals surface area (Å²) in [6, 6.07) is 10.8. The maximum absolute atomic E-state index is 12.9. The molecule has 0 unspecified atom stereocenters. The predicted molar refractivity (Wildman–Crippen MR) is 95.6 cm³/mol. The van der Waals surface area contributed by atoms with Crippen LogP contribution in [0.3, 0.4) is 0 Å². The van der Waals surface area contributed by atoms with E-state index in [-0.39, 0.29) is 16.5 Å². The smallest absolute Gasteiger partial charge is 0.335 e. The van der Waals surface area contributed by atoms with E-state index in [0.717, 1.165) is 12.1 Å². The standard InChI is InChI=1S/C18H12N2O6S/c21-14-6-4-9(8-12(14)18(23)24)20-27(25,26)15-7-5-13-16-10(15)2-1-3-11(16)17(22)19-13/h1-8,20-21H,(H,19,22)(H,23,24)/p-1. The van der Waals surface area contributed by atoms with Gasteiger partial charge in [0.05, 0.1) is 10.5 Å². The van der Waals surface area contributed by atoms with Crippen LogP contribution < -0.4 is 15.1 Å². The molecule has 0 spiro atoms. The number of carboxylic acid groups (broad SMARTS) is 1. The van der Waals surface area contributed by atoms with E-state index in [1.165, 1.54) is 18.2 Å². The highest BCUT2D eigenvalue weighted by atomic mass is 32.2. The SMILES string of the molecule is O=C(O)c1cc(NS(=O)(=O)c2ccc3c4c(cccc24)C(=O)N3)ccc1[O-]. The molecule has 0 radical (unpaired) electrons. The molecule has 3 N–H and O–H groups in total.